The fraction of sp³-hybridized carbons (Fsp3) is 0.235. The van der Waals surface area contributed by atoms with E-state index in [0.717, 1.165) is 6.42 Å². The van der Waals surface area contributed by atoms with Gasteiger partial charge in [-0.3, -0.25) is 4.79 Å². The van der Waals surface area contributed by atoms with Gasteiger partial charge in [0.15, 0.2) is 17.3 Å². The SMILES string of the molecule is CCc1ccc(C(=O)c2cc(OC)c(OC)cc2Br)cc1. The van der Waals surface area contributed by atoms with Crippen LogP contribution in [0.25, 0.3) is 0 Å². The molecule has 2 aromatic carbocycles. The average Bonchev–Trinajstić information content (AvgIpc) is 2.54. The molecule has 3 nitrogen and oxygen atoms in total. The van der Waals surface area contributed by atoms with Crippen LogP contribution in [-0.4, -0.2) is 20.0 Å². The molecule has 2 rings (SSSR count). The highest BCUT2D eigenvalue weighted by Crippen LogP contribution is 2.34. The zero-order valence-electron chi connectivity index (χ0n) is 12.3. The molecule has 2 aromatic rings. The van der Waals surface area contributed by atoms with E-state index in [4.69, 9.17) is 9.47 Å². The van der Waals surface area contributed by atoms with Crippen molar-refractivity contribution in [3.8, 4) is 11.5 Å². The van der Waals surface area contributed by atoms with Gasteiger partial charge >= 0.3 is 0 Å². The Morgan fingerprint density at radius 3 is 2.14 bits per heavy atom. The number of halogens is 1. The Morgan fingerprint density at radius 1 is 1.05 bits per heavy atom. The Balaban J connectivity index is 2.42. The summed E-state index contributed by atoms with van der Waals surface area (Å²) in [7, 11) is 3.12. The zero-order valence-corrected chi connectivity index (χ0v) is 13.9. The predicted molar refractivity (Wildman–Crippen MR) is 86.5 cm³/mol. The second-order valence-corrected chi connectivity index (χ2v) is 5.42. The summed E-state index contributed by atoms with van der Waals surface area (Å²) in [5.74, 6) is 1.07. The lowest BCUT2D eigenvalue weighted by Crippen LogP contribution is -2.04. The van der Waals surface area contributed by atoms with Crippen molar-refractivity contribution in [1.82, 2.24) is 0 Å². The minimum Gasteiger partial charge on any atom is -0.493 e. The number of benzene rings is 2. The molecule has 0 bridgehead atoms. The van der Waals surface area contributed by atoms with Gasteiger partial charge in [-0.2, -0.15) is 0 Å². The Morgan fingerprint density at radius 2 is 1.62 bits per heavy atom. The highest BCUT2D eigenvalue weighted by molar-refractivity contribution is 9.10. The second-order valence-electron chi connectivity index (χ2n) is 4.57. The molecule has 0 aliphatic rings. The van der Waals surface area contributed by atoms with Crippen molar-refractivity contribution in [2.75, 3.05) is 14.2 Å². The molecule has 0 aliphatic heterocycles. The summed E-state index contributed by atoms with van der Waals surface area (Å²) in [6, 6.07) is 11.1. The Hall–Kier alpha value is -1.81. The molecule has 0 saturated heterocycles. The summed E-state index contributed by atoms with van der Waals surface area (Å²) >= 11 is 3.42. The van der Waals surface area contributed by atoms with Crippen molar-refractivity contribution in [1.29, 1.82) is 0 Å². The van der Waals surface area contributed by atoms with Crippen molar-refractivity contribution >= 4 is 21.7 Å². The fourth-order valence-electron chi connectivity index (χ4n) is 2.08. The molecule has 0 aliphatic carbocycles. The molecule has 0 aromatic heterocycles. The number of carbonyl (C=O) groups excluding carboxylic acids is 1. The first kappa shape index (κ1) is 15.6. The van der Waals surface area contributed by atoms with Gasteiger partial charge in [0.25, 0.3) is 0 Å². The average molecular weight is 349 g/mol. The molecule has 0 N–H and O–H groups in total. The maximum atomic E-state index is 12.6. The van der Waals surface area contributed by atoms with Crippen LogP contribution in [0, 0.1) is 0 Å². The number of hydrogen-bond donors (Lipinski definition) is 0. The summed E-state index contributed by atoms with van der Waals surface area (Å²) < 4.78 is 11.2. The van der Waals surface area contributed by atoms with E-state index in [0.29, 0.717) is 27.1 Å². The van der Waals surface area contributed by atoms with Crippen LogP contribution in [0.4, 0.5) is 0 Å². The first-order valence-electron chi connectivity index (χ1n) is 6.65. The molecule has 21 heavy (non-hydrogen) atoms. The lowest BCUT2D eigenvalue weighted by atomic mass is 10.0. The third-order valence-corrected chi connectivity index (χ3v) is 4.00. The minimum absolute atomic E-state index is 0.0505. The third kappa shape index (κ3) is 3.27. The van der Waals surface area contributed by atoms with Crippen molar-refractivity contribution < 1.29 is 14.3 Å². The first-order valence-corrected chi connectivity index (χ1v) is 7.45. The van der Waals surface area contributed by atoms with Gasteiger partial charge in [-0.25, -0.2) is 0 Å². The summed E-state index contributed by atoms with van der Waals surface area (Å²) in [5, 5.41) is 0. The van der Waals surface area contributed by atoms with E-state index in [-0.39, 0.29) is 5.78 Å². The van der Waals surface area contributed by atoms with Crippen molar-refractivity contribution in [2.45, 2.75) is 13.3 Å². The highest BCUT2D eigenvalue weighted by Gasteiger charge is 2.17. The largest absolute Gasteiger partial charge is 0.493 e. The lowest BCUT2D eigenvalue weighted by molar-refractivity contribution is 0.103. The van der Waals surface area contributed by atoms with Gasteiger partial charge in [-0.05, 0) is 40.0 Å². The van der Waals surface area contributed by atoms with Crippen molar-refractivity contribution in [3.63, 3.8) is 0 Å². The molecule has 110 valence electrons. The summed E-state index contributed by atoms with van der Waals surface area (Å²) in [5.41, 5.74) is 2.41. The van der Waals surface area contributed by atoms with Crippen molar-refractivity contribution in [3.05, 3.63) is 57.6 Å². The van der Waals surface area contributed by atoms with E-state index in [1.165, 1.54) is 5.56 Å². The van der Waals surface area contributed by atoms with E-state index in [1.54, 1.807) is 26.4 Å². The van der Waals surface area contributed by atoms with E-state index in [9.17, 15) is 4.79 Å². The number of rotatable bonds is 5. The number of ketones is 1. The van der Waals surface area contributed by atoms with Crippen molar-refractivity contribution in [2.24, 2.45) is 0 Å². The number of hydrogen-bond acceptors (Lipinski definition) is 3. The van der Waals surface area contributed by atoms with Gasteiger partial charge in [0.2, 0.25) is 0 Å². The molecular weight excluding hydrogens is 332 g/mol. The second kappa shape index (κ2) is 6.76. The minimum atomic E-state index is -0.0505. The predicted octanol–water partition coefficient (Wildman–Crippen LogP) is 4.26. The Kier molecular flexibility index (Phi) is 5.02. The molecule has 0 unspecified atom stereocenters. The van der Waals surface area contributed by atoms with Crippen LogP contribution in [0.1, 0.15) is 28.4 Å². The maximum Gasteiger partial charge on any atom is 0.194 e. The van der Waals surface area contributed by atoms with Gasteiger partial charge in [0.05, 0.1) is 14.2 Å². The molecule has 0 amide bonds. The van der Waals surface area contributed by atoms with Crippen LogP contribution in [0.15, 0.2) is 40.9 Å². The number of aryl methyl sites for hydroxylation is 1. The highest BCUT2D eigenvalue weighted by atomic mass is 79.9. The molecule has 0 radical (unpaired) electrons. The van der Waals surface area contributed by atoms with E-state index in [2.05, 4.69) is 22.9 Å². The van der Waals surface area contributed by atoms with Crippen LogP contribution >= 0.6 is 15.9 Å². The summed E-state index contributed by atoms with van der Waals surface area (Å²) in [6.45, 7) is 2.09. The molecule has 0 saturated carbocycles. The van der Waals surface area contributed by atoms with E-state index in [1.807, 2.05) is 24.3 Å². The van der Waals surface area contributed by atoms with Gasteiger partial charge in [-0.15, -0.1) is 0 Å². The molecule has 0 atom stereocenters. The van der Waals surface area contributed by atoms with E-state index >= 15 is 0 Å². The lowest BCUT2D eigenvalue weighted by Gasteiger charge is -2.11. The summed E-state index contributed by atoms with van der Waals surface area (Å²) in [4.78, 5) is 12.6. The van der Waals surface area contributed by atoms with Gasteiger partial charge < -0.3 is 9.47 Å². The number of carbonyl (C=O) groups is 1. The van der Waals surface area contributed by atoms with Gasteiger partial charge in [0, 0.05) is 15.6 Å². The summed E-state index contributed by atoms with van der Waals surface area (Å²) in [6.07, 6.45) is 0.953. The monoisotopic (exact) mass is 348 g/mol. The Labute approximate surface area is 133 Å². The maximum absolute atomic E-state index is 12.6. The smallest absolute Gasteiger partial charge is 0.194 e. The molecule has 0 heterocycles. The number of ether oxygens (including phenoxy) is 2. The van der Waals surface area contributed by atoms with Crippen LogP contribution in [0.3, 0.4) is 0 Å². The van der Waals surface area contributed by atoms with Crippen LogP contribution in [0.5, 0.6) is 11.5 Å². The molecule has 0 spiro atoms. The van der Waals surface area contributed by atoms with Crippen LogP contribution in [0.2, 0.25) is 0 Å². The number of methoxy groups -OCH3 is 2. The fourth-order valence-corrected chi connectivity index (χ4v) is 2.58. The first-order chi connectivity index (χ1) is 10.1. The van der Waals surface area contributed by atoms with Gasteiger partial charge in [0.1, 0.15) is 0 Å². The zero-order chi connectivity index (χ0) is 15.4. The third-order valence-electron chi connectivity index (χ3n) is 3.34. The van der Waals surface area contributed by atoms with E-state index < -0.39 is 0 Å². The molecular formula is C17H17BrO3. The molecule has 4 heteroatoms. The van der Waals surface area contributed by atoms with Crippen LogP contribution < -0.4 is 9.47 Å². The topological polar surface area (TPSA) is 35.5 Å². The molecule has 0 fully saturated rings. The standard InChI is InChI=1S/C17H17BrO3/c1-4-11-5-7-12(8-6-11)17(19)13-9-15(20-2)16(21-3)10-14(13)18/h5-10H,4H2,1-3H3. The normalized spacial score (nSPS) is 10.3. The Bertz CT molecular complexity index is 648. The van der Waals surface area contributed by atoms with Crippen LogP contribution in [-0.2, 0) is 6.42 Å². The van der Waals surface area contributed by atoms with Gasteiger partial charge in [-0.1, -0.05) is 31.2 Å². The quantitative estimate of drug-likeness (QED) is 0.757.